The van der Waals surface area contributed by atoms with Crippen molar-refractivity contribution in [1.82, 2.24) is 4.90 Å². The maximum Gasteiger partial charge on any atom is 0.203 e. The van der Waals surface area contributed by atoms with Gasteiger partial charge >= 0.3 is 0 Å². The highest BCUT2D eigenvalue weighted by Gasteiger charge is 2.67. The van der Waals surface area contributed by atoms with Gasteiger partial charge in [0.2, 0.25) is 5.90 Å². The standard InChI is InChI=1S/C31H36N2O2/c1-29(2,3)27(34)25-26(28-32-30(4,5)21-35-28)33(25)31(22-15-9-6-10-16-22,23-17-11-7-12-18-23)24-19-13-8-14-20-24/h6-20,25-27,34H,21H2,1-5H3/t25-,26+,27+,33?/m1/s1. The Morgan fingerprint density at radius 1 is 0.829 bits per heavy atom. The number of hydrogen-bond acceptors (Lipinski definition) is 4. The van der Waals surface area contributed by atoms with Gasteiger partial charge < -0.3 is 9.84 Å². The lowest BCUT2D eigenvalue weighted by atomic mass is 9.76. The minimum absolute atomic E-state index is 0.133. The summed E-state index contributed by atoms with van der Waals surface area (Å²) in [6.07, 6.45) is -0.571. The van der Waals surface area contributed by atoms with E-state index in [9.17, 15) is 5.11 Å². The lowest BCUT2D eigenvalue weighted by molar-refractivity contribution is 0.0437. The molecule has 0 bridgehead atoms. The van der Waals surface area contributed by atoms with Crippen molar-refractivity contribution in [2.45, 2.75) is 63.9 Å². The number of hydrogen-bond donors (Lipinski definition) is 1. The van der Waals surface area contributed by atoms with Crippen molar-refractivity contribution >= 4 is 5.90 Å². The highest BCUT2D eigenvalue weighted by Crippen LogP contribution is 2.55. The van der Waals surface area contributed by atoms with E-state index in [0.29, 0.717) is 6.61 Å². The maximum atomic E-state index is 11.7. The van der Waals surface area contributed by atoms with Gasteiger partial charge in [-0.2, -0.15) is 0 Å². The molecule has 35 heavy (non-hydrogen) atoms. The van der Waals surface area contributed by atoms with E-state index in [0.717, 1.165) is 22.6 Å². The Morgan fingerprint density at radius 2 is 1.26 bits per heavy atom. The zero-order valence-corrected chi connectivity index (χ0v) is 21.3. The second kappa shape index (κ2) is 8.61. The van der Waals surface area contributed by atoms with E-state index in [1.54, 1.807) is 0 Å². The van der Waals surface area contributed by atoms with E-state index in [-0.39, 0.29) is 23.0 Å². The molecule has 1 fully saturated rings. The molecule has 0 radical (unpaired) electrons. The Bertz CT molecular complexity index is 1090. The molecule has 0 saturated carbocycles. The van der Waals surface area contributed by atoms with Gasteiger partial charge in [0.05, 0.1) is 23.2 Å². The van der Waals surface area contributed by atoms with Crippen molar-refractivity contribution < 1.29 is 9.84 Å². The van der Waals surface area contributed by atoms with Crippen molar-refractivity contribution in [3.05, 3.63) is 108 Å². The minimum Gasteiger partial charge on any atom is -0.477 e. The molecule has 0 aliphatic carbocycles. The summed E-state index contributed by atoms with van der Waals surface area (Å²) in [7, 11) is 0. The molecule has 5 rings (SSSR count). The first kappa shape index (κ1) is 23.8. The van der Waals surface area contributed by atoms with Gasteiger partial charge in [-0.05, 0) is 36.0 Å². The van der Waals surface area contributed by atoms with Crippen LogP contribution in [0.3, 0.4) is 0 Å². The molecule has 1 saturated heterocycles. The summed E-state index contributed by atoms with van der Waals surface area (Å²) < 4.78 is 6.22. The highest BCUT2D eigenvalue weighted by atomic mass is 16.5. The molecule has 2 heterocycles. The Balaban J connectivity index is 1.79. The number of aliphatic imine (C=N–C) groups is 1. The molecule has 4 atom stereocenters. The van der Waals surface area contributed by atoms with Crippen molar-refractivity contribution in [3.63, 3.8) is 0 Å². The highest BCUT2D eigenvalue weighted by molar-refractivity contribution is 5.88. The fourth-order valence-electron chi connectivity index (χ4n) is 5.53. The van der Waals surface area contributed by atoms with Crippen molar-refractivity contribution in [3.8, 4) is 0 Å². The molecule has 2 aliphatic rings. The molecule has 2 aliphatic heterocycles. The maximum absolute atomic E-state index is 11.7. The van der Waals surface area contributed by atoms with Crippen LogP contribution < -0.4 is 0 Å². The van der Waals surface area contributed by atoms with Crippen LogP contribution in [0, 0.1) is 5.41 Å². The fourth-order valence-corrected chi connectivity index (χ4v) is 5.53. The molecule has 3 aromatic rings. The average Bonchev–Trinajstić information content (AvgIpc) is 3.48. The summed E-state index contributed by atoms with van der Waals surface area (Å²) in [5.41, 5.74) is 2.28. The predicted molar refractivity (Wildman–Crippen MR) is 142 cm³/mol. The van der Waals surface area contributed by atoms with Gasteiger partial charge in [-0.3, -0.25) is 4.90 Å². The van der Waals surface area contributed by atoms with Crippen LogP contribution in [0.4, 0.5) is 0 Å². The van der Waals surface area contributed by atoms with Crippen LogP contribution in [0.5, 0.6) is 0 Å². The Kier molecular flexibility index (Phi) is 5.85. The molecular weight excluding hydrogens is 432 g/mol. The first-order chi connectivity index (χ1) is 16.7. The van der Waals surface area contributed by atoms with Crippen LogP contribution in [0.2, 0.25) is 0 Å². The van der Waals surface area contributed by atoms with Gasteiger partial charge in [0, 0.05) is 0 Å². The van der Waals surface area contributed by atoms with Gasteiger partial charge in [-0.15, -0.1) is 0 Å². The first-order valence-corrected chi connectivity index (χ1v) is 12.5. The van der Waals surface area contributed by atoms with Crippen LogP contribution in [0.15, 0.2) is 96.0 Å². The van der Waals surface area contributed by atoms with Crippen LogP contribution in [0.1, 0.15) is 51.3 Å². The van der Waals surface area contributed by atoms with E-state index < -0.39 is 11.6 Å². The normalized spacial score (nSPS) is 24.4. The third-order valence-electron chi connectivity index (χ3n) is 7.27. The first-order valence-electron chi connectivity index (χ1n) is 12.5. The molecule has 0 spiro atoms. The summed E-state index contributed by atoms with van der Waals surface area (Å²) in [6.45, 7) is 11.0. The summed E-state index contributed by atoms with van der Waals surface area (Å²) in [4.78, 5) is 7.42. The van der Waals surface area contributed by atoms with Crippen LogP contribution in [-0.4, -0.2) is 46.2 Å². The monoisotopic (exact) mass is 468 g/mol. The van der Waals surface area contributed by atoms with E-state index in [2.05, 4.69) is 131 Å². The predicted octanol–water partition coefficient (Wildman–Crippen LogP) is 5.65. The average molecular weight is 469 g/mol. The largest absolute Gasteiger partial charge is 0.477 e. The SMILES string of the molecule is CC1(C)COC([C@@H]2[C@H]([C@H](O)C(C)(C)C)N2C(c2ccccc2)(c2ccccc2)c2ccccc2)=N1. The number of ether oxygens (including phenoxy) is 1. The second-order valence-electron chi connectivity index (χ2n) is 11.5. The molecule has 0 amide bonds. The second-order valence-corrected chi connectivity index (χ2v) is 11.5. The Morgan fingerprint density at radius 3 is 1.60 bits per heavy atom. The molecule has 0 aromatic heterocycles. The number of rotatable bonds is 6. The molecular formula is C31H36N2O2. The fraction of sp³-hybridized carbons (Fsp3) is 0.387. The summed E-state index contributed by atoms with van der Waals surface area (Å²) >= 11 is 0. The van der Waals surface area contributed by atoms with E-state index >= 15 is 0 Å². The number of benzene rings is 3. The molecule has 4 nitrogen and oxygen atoms in total. The summed E-state index contributed by atoms with van der Waals surface area (Å²) in [5, 5.41) is 11.7. The smallest absolute Gasteiger partial charge is 0.203 e. The third kappa shape index (κ3) is 4.09. The number of aliphatic hydroxyl groups excluding tert-OH is 1. The van der Waals surface area contributed by atoms with E-state index in [4.69, 9.17) is 9.73 Å². The topological polar surface area (TPSA) is 44.8 Å². The zero-order chi connectivity index (χ0) is 24.8. The van der Waals surface area contributed by atoms with Gasteiger partial charge in [-0.1, -0.05) is 112 Å². The Hall–Kier alpha value is -2.95. The van der Waals surface area contributed by atoms with Crippen molar-refractivity contribution in [2.75, 3.05) is 6.61 Å². The lowest BCUT2D eigenvalue weighted by Gasteiger charge is -2.39. The van der Waals surface area contributed by atoms with Crippen LogP contribution >= 0.6 is 0 Å². The lowest BCUT2D eigenvalue weighted by Crippen LogP contribution is -2.43. The van der Waals surface area contributed by atoms with Gasteiger partial charge in [-0.25, -0.2) is 4.99 Å². The van der Waals surface area contributed by atoms with E-state index in [1.165, 1.54) is 0 Å². The van der Waals surface area contributed by atoms with Crippen LogP contribution in [-0.2, 0) is 10.3 Å². The Labute approximate surface area is 209 Å². The third-order valence-corrected chi connectivity index (χ3v) is 7.27. The molecule has 1 unspecified atom stereocenters. The molecule has 4 heteroatoms. The van der Waals surface area contributed by atoms with Crippen LogP contribution in [0.25, 0.3) is 0 Å². The van der Waals surface area contributed by atoms with Gasteiger partial charge in [0.15, 0.2) is 0 Å². The van der Waals surface area contributed by atoms with Gasteiger partial charge in [0.1, 0.15) is 12.6 Å². The minimum atomic E-state index is -0.621. The number of aliphatic hydroxyl groups is 1. The zero-order valence-electron chi connectivity index (χ0n) is 21.3. The molecule has 3 aromatic carbocycles. The molecule has 182 valence electrons. The van der Waals surface area contributed by atoms with Gasteiger partial charge in [0.25, 0.3) is 0 Å². The van der Waals surface area contributed by atoms with E-state index in [1.807, 2.05) is 0 Å². The summed E-state index contributed by atoms with van der Waals surface area (Å²) in [5.74, 6) is 0.732. The number of nitrogens with zero attached hydrogens (tertiary/aromatic N) is 2. The summed E-state index contributed by atoms with van der Waals surface area (Å²) in [6, 6.07) is 31.6. The molecule has 1 N–H and O–H groups in total. The quantitative estimate of drug-likeness (QED) is 0.376. The van der Waals surface area contributed by atoms with Crippen molar-refractivity contribution in [2.24, 2.45) is 10.4 Å². The van der Waals surface area contributed by atoms with Crippen molar-refractivity contribution in [1.29, 1.82) is 0 Å².